The van der Waals surface area contributed by atoms with Crippen molar-refractivity contribution in [2.75, 3.05) is 12.3 Å². The van der Waals surface area contributed by atoms with Gasteiger partial charge in [0.25, 0.3) is 0 Å². The van der Waals surface area contributed by atoms with Crippen LogP contribution in [0.15, 0.2) is 66.7 Å². The van der Waals surface area contributed by atoms with E-state index in [-0.39, 0.29) is 18.2 Å². The Kier molecular flexibility index (Phi) is 6.27. The molecular formula is C26H24Cl2N2O2. The van der Waals surface area contributed by atoms with Gasteiger partial charge in [-0.3, -0.25) is 4.79 Å². The van der Waals surface area contributed by atoms with Crippen LogP contribution in [0.4, 0.5) is 5.69 Å². The van der Waals surface area contributed by atoms with Crippen molar-refractivity contribution in [3.05, 3.63) is 99.0 Å². The molecule has 1 aliphatic heterocycles. The zero-order valence-electron chi connectivity index (χ0n) is 17.6. The highest BCUT2D eigenvalue weighted by Crippen LogP contribution is 2.52. The number of benzene rings is 3. The van der Waals surface area contributed by atoms with Crippen LogP contribution in [-0.4, -0.2) is 18.7 Å². The van der Waals surface area contributed by atoms with Crippen LogP contribution in [0.5, 0.6) is 0 Å². The molecule has 4 nitrogen and oxygen atoms in total. The largest absolute Gasteiger partial charge is 0.398 e. The number of aryl methyl sites for hydroxylation is 1. The predicted octanol–water partition coefficient (Wildman–Crippen LogP) is 5.41. The van der Waals surface area contributed by atoms with Gasteiger partial charge >= 0.3 is 0 Å². The van der Waals surface area contributed by atoms with Crippen LogP contribution in [0, 0.1) is 6.92 Å². The highest BCUT2D eigenvalue weighted by Gasteiger charge is 2.51. The molecule has 0 unspecified atom stereocenters. The quantitative estimate of drug-likeness (QED) is 0.398. The van der Waals surface area contributed by atoms with Gasteiger partial charge in [0, 0.05) is 40.5 Å². The second kappa shape index (κ2) is 8.97. The highest BCUT2D eigenvalue weighted by atomic mass is 35.5. The van der Waals surface area contributed by atoms with E-state index in [0.717, 1.165) is 23.0 Å². The summed E-state index contributed by atoms with van der Waals surface area (Å²) >= 11 is 12.5. The molecular weight excluding hydrogens is 443 g/mol. The second-order valence-electron chi connectivity index (χ2n) is 8.36. The van der Waals surface area contributed by atoms with E-state index in [0.29, 0.717) is 27.8 Å². The number of rotatable bonds is 4. The van der Waals surface area contributed by atoms with Gasteiger partial charge in [-0.25, -0.2) is 0 Å². The van der Waals surface area contributed by atoms with Crippen molar-refractivity contribution in [1.29, 1.82) is 0 Å². The van der Waals surface area contributed by atoms with Crippen molar-refractivity contribution in [3.63, 3.8) is 0 Å². The molecule has 164 valence electrons. The van der Waals surface area contributed by atoms with Gasteiger partial charge in [-0.1, -0.05) is 71.2 Å². The van der Waals surface area contributed by atoms with Crippen molar-refractivity contribution in [1.82, 2.24) is 5.32 Å². The lowest BCUT2D eigenvalue weighted by atomic mass is 9.59. The lowest BCUT2D eigenvalue weighted by molar-refractivity contribution is -0.121. The number of carbonyl (C=O) groups excluding carboxylic acids is 2. The van der Waals surface area contributed by atoms with E-state index in [4.69, 9.17) is 28.9 Å². The van der Waals surface area contributed by atoms with Crippen LogP contribution >= 0.6 is 23.2 Å². The number of nitrogens with two attached hydrogens (primary N) is 1. The van der Waals surface area contributed by atoms with Crippen LogP contribution < -0.4 is 11.1 Å². The van der Waals surface area contributed by atoms with Crippen LogP contribution in [0.3, 0.4) is 0 Å². The Morgan fingerprint density at radius 2 is 1.66 bits per heavy atom. The van der Waals surface area contributed by atoms with Crippen molar-refractivity contribution in [2.24, 2.45) is 0 Å². The minimum atomic E-state index is -1.12. The maximum atomic E-state index is 13.3. The fourth-order valence-corrected chi connectivity index (χ4v) is 5.36. The molecule has 1 aliphatic rings. The highest BCUT2D eigenvalue weighted by molar-refractivity contribution is 6.31. The molecule has 0 saturated carbocycles. The van der Waals surface area contributed by atoms with E-state index >= 15 is 0 Å². The van der Waals surface area contributed by atoms with Gasteiger partial charge in [-0.15, -0.1) is 0 Å². The summed E-state index contributed by atoms with van der Waals surface area (Å²) in [4.78, 5) is 26.1. The molecule has 1 saturated heterocycles. The number of amides is 1. The molecule has 0 spiro atoms. The van der Waals surface area contributed by atoms with Gasteiger partial charge in [0.2, 0.25) is 5.91 Å². The Hall–Kier alpha value is -2.82. The van der Waals surface area contributed by atoms with E-state index < -0.39 is 11.3 Å². The maximum absolute atomic E-state index is 13.3. The molecule has 3 aromatic rings. The predicted molar refractivity (Wildman–Crippen MR) is 129 cm³/mol. The minimum Gasteiger partial charge on any atom is -0.398 e. The summed E-state index contributed by atoms with van der Waals surface area (Å²) in [5, 5.41) is 4.05. The van der Waals surface area contributed by atoms with Crippen LogP contribution in [0.1, 0.15) is 40.5 Å². The molecule has 3 atom stereocenters. The van der Waals surface area contributed by atoms with E-state index in [9.17, 15) is 9.59 Å². The fraction of sp³-hybridized carbons (Fsp3) is 0.231. The van der Waals surface area contributed by atoms with Gasteiger partial charge in [0.15, 0.2) is 0 Å². The summed E-state index contributed by atoms with van der Waals surface area (Å²) in [7, 11) is 0. The fourth-order valence-electron chi connectivity index (χ4n) is 4.98. The number of hydrogen-bond donors (Lipinski definition) is 2. The number of aldehydes is 1. The number of nitrogens with one attached hydrogen (secondary N) is 1. The summed E-state index contributed by atoms with van der Waals surface area (Å²) < 4.78 is 0. The number of carbonyl (C=O) groups is 2. The third kappa shape index (κ3) is 4.01. The summed E-state index contributed by atoms with van der Waals surface area (Å²) in [6.07, 6.45) is 1.09. The summed E-state index contributed by atoms with van der Waals surface area (Å²) in [6.45, 7) is 2.31. The lowest BCUT2D eigenvalue weighted by Crippen LogP contribution is -2.43. The van der Waals surface area contributed by atoms with Crippen LogP contribution in [0.2, 0.25) is 10.0 Å². The van der Waals surface area contributed by atoms with Gasteiger partial charge in [-0.2, -0.15) is 0 Å². The average Bonchev–Trinajstić information content (AvgIpc) is 2.90. The molecule has 1 fully saturated rings. The van der Waals surface area contributed by atoms with E-state index in [1.165, 1.54) is 0 Å². The van der Waals surface area contributed by atoms with Gasteiger partial charge in [0.1, 0.15) is 6.29 Å². The third-order valence-electron chi connectivity index (χ3n) is 6.42. The molecule has 0 aromatic heterocycles. The zero-order valence-corrected chi connectivity index (χ0v) is 19.2. The van der Waals surface area contributed by atoms with Crippen molar-refractivity contribution < 1.29 is 9.59 Å². The van der Waals surface area contributed by atoms with Crippen LogP contribution in [-0.2, 0) is 15.0 Å². The van der Waals surface area contributed by atoms with E-state index in [1.807, 2.05) is 49.4 Å². The Labute approximate surface area is 197 Å². The first-order chi connectivity index (χ1) is 15.3. The molecule has 6 heteroatoms. The molecule has 0 radical (unpaired) electrons. The van der Waals surface area contributed by atoms with Gasteiger partial charge in [-0.05, 0) is 47.9 Å². The molecule has 32 heavy (non-hydrogen) atoms. The summed E-state index contributed by atoms with van der Waals surface area (Å²) in [5.41, 5.74) is 9.27. The monoisotopic (exact) mass is 466 g/mol. The lowest BCUT2D eigenvalue weighted by Gasteiger charge is -2.42. The Bertz CT molecular complexity index is 1180. The number of halogens is 2. The van der Waals surface area contributed by atoms with E-state index in [2.05, 4.69) is 11.4 Å². The molecule has 4 rings (SSSR count). The normalized spacial score (nSPS) is 23.3. The molecule has 0 aliphatic carbocycles. The Balaban J connectivity index is 2.05. The van der Waals surface area contributed by atoms with Crippen molar-refractivity contribution in [3.8, 4) is 0 Å². The molecule has 1 heterocycles. The first-order valence-electron chi connectivity index (χ1n) is 10.5. The third-order valence-corrected chi connectivity index (χ3v) is 6.89. The molecule has 0 bridgehead atoms. The molecule has 3 aromatic carbocycles. The second-order valence-corrected chi connectivity index (χ2v) is 9.24. The topological polar surface area (TPSA) is 72.2 Å². The van der Waals surface area contributed by atoms with E-state index in [1.54, 1.807) is 18.2 Å². The summed E-state index contributed by atoms with van der Waals surface area (Å²) in [5.74, 6) is -0.946. The number of anilines is 1. The zero-order chi connectivity index (χ0) is 22.9. The number of nitrogen functional groups attached to an aromatic ring is 1. The van der Waals surface area contributed by atoms with Crippen molar-refractivity contribution >= 4 is 41.1 Å². The van der Waals surface area contributed by atoms with Gasteiger partial charge < -0.3 is 15.8 Å². The molecule has 3 N–H and O–H groups in total. The van der Waals surface area contributed by atoms with Crippen LogP contribution in [0.25, 0.3) is 0 Å². The molecule has 1 amide bonds. The van der Waals surface area contributed by atoms with Gasteiger partial charge in [0.05, 0.1) is 5.41 Å². The first-order valence-corrected chi connectivity index (χ1v) is 11.2. The standard InChI is InChI=1S/C26H24Cl2N2O2/c1-16-4-2-5-17(10-16)23-14-30-25(32)13-22(18-6-3-7-19(27)11-18)26(23,15-31)21-9-8-20(28)12-24(21)29/h2-12,15,22-23H,13-14,29H2,1H3,(H,30,32)/t22-,23+,26+/m1/s1. The average molecular weight is 467 g/mol. The minimum absolute atomic E-state index is 0.121. The SMILES string of the molecule is Cc1cccc([C@@H]2CNC(=O)C[C@H](c3cccc(Cl)c3)[C@]2(C=O)c2ccc(Cl)cc2N)c1. The Morgan fingerprint density at radius 1 is 0.969 bits per heavy atom. The van der Waals surface area contributed by atoms with Crippen molar-refractivity contribution in [2.45, 2.75) is 30.6 Å². The number of hydrogen-bond acceptors (Lipinski definition) is 3. The Morgan fingerprint density at radius 3 is 2.31 bits per heavy atom. The first kappa shape index (κ1) is 22.4. The summed E-state index contributed by atoms with van der Waals surface area (Å²) in [6, 6.07) is 20.6. The smallest absolute Gasteiger partial charge is 0.220 e. The maximum Gasteiger partial charge on any atom is 0.220 e.